The quantitative estimate of drug-likeness (QED) is 0.835. The monoisotopic (exact) mass is 217 g/mol. The second-order valence-corrected chi connectivity index (χ2v) is 4.26. The zero-order valence-corrected chi connectivity index (χ0v) is 8.73. The third-order valence-corrected chi connectivity index (χ3v) is 2.99. The van der Waals surface area contributed by atoms with Gasteiger partial charge in [-0.1, -0.05) is 6.07 Å². The van der Waals surface area contributed by atoms with Crippen LogP contribution in [-0.4, -0.2) is 9.78 Å². The van der Waals surface area contributed by atoms with E-state index in [1.165, 1.54) is 12.1 Å². The molecule has 1 aromatic heterocycles. The number of nitrogens with two attached hydrogens (primary N) is 1. The zero-order valence-electron chi connectivity index (χ0n) is 8.73. The summed E-state index contributed by atoms with van der Waals surface area (Å²) in [7, 11) is 0. The highest BCUT2D eigenvalue weighted by molar-refractivity contribution is 5.36. The van der Waals surface area contributed by atoms with E-state index in [-0.39, 0.29) is 11.4 Å². The minimum Gasteiger partial charge on any atom is -0.320 e. The van der Waals surface area contributed by atoms with E-state index in [2.05, 4.69) is 5.10 Å². The molecule has 0 spiro atoms. The Bertz CT molecular complexity index is 529. The van der Waals surface area contributed by atoms with Crippen LogP contribution in [0.2, 0.25) is 0 Å². The standard InChI is InChI=1S/C12H12FN3/c13-9-2-1-3-10(8-9)16-11(4-7-15-16)12(14)5-6-12/h1-4,7-8H,5-6,14H2. The molecule has 4 heteroatoms. The van der Waals surface area contributed by atoms with Gasteiger partial charge in [-0.15, -0.1) is 0 Å². The normalized spacial score (nSPS) is 17.4. The Labute approximate surface area is 92.7 Å². The van der Waals surface area contributed by atoms with Crippen LogP contribution in [0.15, 0.2) is 36.5 Å². The molecular weight excluding hydrogens is 205 g/mol. The van der Waals surface area contributed by atoms with Crippen LogP contribution < -0.4 is 5.73 Å². The fourth-order valence-corrected chi connectivity index (χ4v) is 1.88. The summed E-state index contributed by atoms with van der Waals surface area (Å²) in [6.07, 6.45) is 3.63. The van der Waals surface area contributed by atoms with E-state index >= 15 is 0 Å². The molecule has 0 amide bonds. The van der Waals surface area contributed by atoms with Crippen molar-refractivity contribution in [3.8, 4) is 5.69 Å². The maximum atomic E-state index is 13.1. The minimum absolute atomic E-state index is 0.261. The molecule has 0 atom stereocenters. The van der Waals surface area contributed by atoms with Gasteiger partial charge in [0.2, 0.25) is 0 Å². The summed E-state index contributed by atoms with van der Waals surface area (Å²) in [6.45, 7) is 0. The molecular formula is C12H12FN3. The van der Waals surface area contributed by atoms with Crippen molar-refractivity contribution in [2.75, 3.05) is 0 Å². The van der Waals surface area contributed by atoms with Gasteiger partial charge >= 0.3 is 0 Å². The largest absolute Gasteiger partial charge is 0.320 e. The number of rotatable bonds is 2. The lowest BCUT2D eigenvalue weighted by Crippen LogP contribution is -2.22. The van der Waals surface area contributed by atoms with Crippen LogP contribution in [0, 0.1) is 5.82 Å². The van der Waals surface area contributed by atoms with Crippen molar-refractivity contribution >= 4 is 0 Å². The number of aromatic nitrogens is 2. The lowest BCUT2D eigenvalue weighted by atomic mass is 10.2. The number of hydrogen-bond acceptors (Lipinski definition) is 2. The van der Waals surface area contributed by atoms with E-state index in [1.807, 2.05) is 12.1 Å². The molecule has 2 N–H and O–H groups in total. The first kappa shape index (κ1) is 9.54. The van der Waals surface area contributed by atoms with Gasteiger partial charge in [0.05, 0.1) is 16.9 Å². The van der Waals surface area contributed by atoms with Crippen molar-refractivity contribution in [3.05, 3.63) is 48.0 Å². The third kappa shape index (κ3) is 1.42. The van der Waals surface area contributed by atoms with Crippen molar-refractivity contribution in [1.82, 2.24) is 9.78 Å². The number of nitrogens with zero attached hydrogens (tertiary/aromatic N) is 2. The second kappa shape index (κ2) is 3.15. The van der Waals surface area contributed by atoms with Gasteiger partial charge in [-0.25, -0.2) is 9.07 Å². The van der Waals surface area contributed by atoms with E-state index in [0.717, 1.165) is 24.2 Å². The van der Waals surface area contributed by atoms with Crippen LogP contribution >= 0.6 is 0 Å². The van der Waals surface area contributed by atoms with E-state index < -0.39 is 0 Å². The molecule has 1 aromatic carbocycles. The highest BCUT2D eigenvalue weighted by Crippen LogP contribution is 2.42. The summed E-state index contributed by atoms with van der Waals surface area (Å²) >= 11 is 0. The first-order valence-corrected chi connectivity index (χ1v) is 5.28. The molecule has 16 heavy (non-hydrogen) atoms. The lowest BCUT2D eigenvalue weighted by molar-refractivity contribution is 0.619. The van der Waals surface area contributed by atoms with Crippen LogP contribution in [-0.2, 0) is 5.54 Å². The molecule has 1 saturated carbocycles. The highest BCUT2D eigenvalue weighted by Gasteiger charge is 2.42. The third-order valence-electron chi connectivity index (χ3n) is 2.99. The Hall–Kier alpha value is -1.68. The number of halogens is 1. The van der Waals surface area contributed by atoms with Crippen LogP contribution in [0.1, 0.15) is 18.5 Å². The predicted molar refractivity (Wildman–Crippen MR) is 58.6 cm³/mol. The molecule has 2 aromatic rings. The predicted octanol–water partition coefficient (Wildman–Crippen LogP) is 1.96. The maximum Gasteiger partial charge on any atom is 0.125 e. The van der Waals surface area contributed by atoms with Crippen LogP contribution in [0.3, 0.4) is 0 Å². The van der Waals surface area contributed by atoms with Crippen molar-refractivity contribution in [2.45, 2.75) is 18.4 Å². The summed E-state index contributed by atoms with van der Waals surface area (Å²) in [5, 5.41) is 4.20. The molecule has 0 aliphatic heterocycles. The van der Waals surface area contributed by atoms with Gasteiger partial charge in [-0.3, -0.25) is 0 Å². The molecule has 0 unspecified atom stereocenters. The van der Waals surface area contributed by atoms with E-state index in [4.69, 9.17) is 5.73 Å². The maximum absolute atomic E-state index is 13.1. The van der Waals surface area contributed by atoms with Crippen molar-refractivity contribution < 1.29 is 4.39 Å². The molecule has 0 saturated heterocycles. The number of hydrogen-bond donors (Lipinski definition) is 1. The Morgan fingerprint density at radius 1 is 1.31 bits per heavy atom. The van der Waals surface area contributed by atoms with Crippen LogP contribution in [0.4, 0.5) is 4.39 Å². The Balaban J connectivity index is 2.10. The highest BCUT2D eigenvalue weighted by atomic mass is 19.1. The molecule has 1 heterocycles. The molecule has 1 aliphatic rings. The Kier molecular flexibility index (Phi) is 1.88. The van der Waals surface area contributed by atoms with E-state index in [0.29, 0.717) is 0 Å². The van der Waals surface area contributed by atoms with Crippen molar-refractivity contribution in [3.63, 3.8) is 0 Å². The summed E-state index contributed by atoms with van der Waals surface area (Å²) < 4.78 is 14.8. The molecule has 0 bridgehead atoms. The second-order valence-electron chi connectivity index (χ2n) is 4.26. The lowest BCUT2D eigenvalue weighted by Gasteiger charge is -2.12. The SMILES string of the molecule is NC1(c2ccnn2-c2cccc(F)c2)CC1. The fourth-order valence-electron chi connectivity index (χ4n) is 1.88. The first-order chi connectivity index (χ1) is 7.69. The Morgan fingerprint density at radius 2 is 2.12 bits per heavy atom. The van der Waals surface area contributed by atoms with Gasteiger partial charge in [0, 0.05) is 6.20 Å². The zero-order chi connectivity index (χ0) is 11.2. The van der Waals surface area contributed by atoms with Gasteiger partial charge in [-0.05, 0) is 37.1 Å². The average Bonchev–Trinajstić information content (AvgIpc) is 2.83. The molecule has 82 valence electrons. The van der Waals surface area contributed by atoms with Crippen molar-refractivity contribution in [2.24, 2.45) is 5.73 Å². The summed E-state index contributed by atoms with van der Waals surface area (Å²) in [6, 6.07) is 8.28. The van der Waals surface area contributed by atoms with Crippen LogP contribution in [0.5, 0.6) is 0 Å². The van der Waals surface area contributed by atoms with Crippen molar-refractivity contribution in [1.29, 1.82) is 0 Å². The van der Waals surface area contributed by atoms with Gasteiger partial charge in [0.1, 0.15) is 5.82 Å². The summed E-state index contributed by atoms with van der Waals surface area (Å²) in [5.41, 5.74) is 7.55. The molecule has 1 aliphatic carbocycles. The van der Waals surface area contributed by atoms with Gasteiger partial charge in [0.15, 0.2) is 0 Å². The molecule has 3 rings (SSSR count). The Morgan fingerprint density at radius 3 is 2.81 bits per heavy atom. The summed E-state index contributed by atoms with van der Waals surface area (Å²) in [4.78, 5) is 0. The van der Waals surface area contributed by atoms with Gasteiger partial charge in [-0.2, -0.15) is 5.10 Å². The minimum atomic E-state index is -0.263. The molecule has 1 fully saturated rings. The average molecular weight is 217 g/mol. The number of benzene rings is 1. The van der Waals surface area contributed by atoms with Gasteiger partial charge < -0.3 is 5.73 Å². The first-order valence-electron chi connectivity index (χ1n) is 5.28. The van der Waals surface area contributed by atoms with Crippen LogP contribution in [0.25, 0.3) is 5.69 Å². The summed E-state index contributed by atoms with van der Waals surface area (Å²) in [5.74, 6) is -0.263. The van der Waals surface area contributed by atoms with Gasteiger partial charge in [0.25, 0.3) is 0 Å². The van der Waals surface area contributed by atoms with E-state index in [1.54, 1.807) is 16.9 Å². The smallest absolute Gasteiger partial charge is 0.125 e. The topological polar surface area (TPSA) is 43.8 Å². The molecule has 3 nitrogen and oxygen atoms in total. The molecule has 0 radical (unpaired) electrons. The van der Waals surface area contributed by atoms with E-state index in [9.17, 15) is 4.39 Å². The fraction of sp³-hybridized carbons (Fsp3) is 0.250.